The number of anilines is 1. The van der Waals surface area contributed by atoms with Gasteiger partial charge in [0.15, 0.2) is 0 Å². The molecule has 0 aliphatic heterocycles. The van der Waals surface area contributed by atoms with Crippen LogP contribution in [0.3, 0.4) is 0 Å². The van der Waals surface area contributed by atoms with Gasteiger partial charge in [0.1, 0.15) is 5.75 Å². The number of aryl methyl sites for hydroxylation is 1. The zero-order valence-corrected chi connectivity index (χ0v) is 11.7. The summed E-state index contributed by atoms with van der Waals surface area (Å²) in [6, 6.07) is 14.6. The second kappa shape index (κ2) is 5.83. The Morgan fingerprint density at radius 2 is 1.94 bits per heavy atom. The van der Waals surface area contributed by atoms with Gasteiger partial charge >= 0.3 is 0 Å². The van der Waals surface area contributed by atoms with E-state index in [1.54, 1.807) is 18.9 Å². The van der Waals surface area contributed by atoms with E-state index in [9.17, 15) is 0 Å². The highest BCUT2D eigenvalue weighted by molar-refractivity contribution is 7.99. The highest BCUT2D eigenvalue weighted by atomic mass is 32.2. The standard InChI is InChI=1S/C15H17NOS/c1-11-7-8-14(17-3)15(9-11)18-13-6-4-5-12(10-13)16-2/h4-10,16H,1-3H3. The number of methoxy groups -OCH3 is 1. The van der Waals surface area contributed by atoms with E-state index in [1.807, 2.05) is 13.1 Å². The lowest BCUT2D eigenvalue weighted by molar-refractivity contribution is 0.404. The maximum atomic E-state index is 5.39. The highest BCUT2D eigenvalue weighted by Gasteiger charge is 2.05. The Morgan fingerprint density at radius 1 is 1.11 bits per heavy atom. The molecule has 1 N–H and O–H groups in total. The molecule has 0 saturated carbocycles. The van der Waals surface area contributed by atoms with Crippen molar-refractivity contribution in [1.82, 2.24) is 0 Å². The van der Waals surface area contributed by atoms with Crippen LogP contribution >= 0.6 is 11.8 Å². The van der Waals surface area contributed by atoms with Crippen LogP contribution < -0.4 is 10.1 Å². The topological polar surface area (TPSA) is 21.3 Å². The summed E-state index contributed by atoms with van der Waals surface area (Å²) in [7, 11) is 3.63. The molecule has 0 aliphatic carbocycles. The molecule has 0 amide bonds. The molecule has 0 aliphatic rings. The van der Waals surface area contributed by atoms with Crippen molar-refractivity contribution in [3.63, 3.8) is 0 Å². The Bertz CT molecular complexity index is 540. The molecule has 2 aromatic carbocycles. The predicted molar refractivity (Wildman–Crippen MR) is 77.8 cm³/mol. The fourth-order valence-electron chi connectivity index (χ4n) is 1.71. The summed E-state index contributed by atoms with van der Waals surface area (Å²) in [5, 5.41) is 3.15. The molecule has 0 aromatic heterocycles. The van der Waals surface area contributed by atoms with Gasteiger partial charge in [0.05, 0.1) is 12.0 Å². The van der Waals surface area contributed by atoms with Gasteiger partial charge in [-0.05, 0) is 42.8 Å². The fourth-order valence-corrected chi connectivity index (χ4v) is 2.79. The zero-order chi connectivity index (χ0) is 13.0. The highest BCUT2D eigenvalue weighted by Crippen LogP contribution is 2.36. The quantitative estimate of drug-likeness (QED) is 0.889. The van der Waals surface area contributed by atoms with Crippen molar-refractivity contribution in [3.05, 3.63) is 48.0 Å². The van der Waals surface area contributed by atoms with Gasteiger partial charge in [-0.15, -0.1) is 0 Å². The van der Waals surface area contributed by atoms with Crippen LogP contribution in [0.5, 0.6) is 5.75 Å². The maximum absolute atomic E-state index is 5.39. The molecule has 0 fully saturated rings. The Labute approximate surface area is 112 Å². The van der Waals surface area contributed by atoms with Crippen LogP contribution in [0.15, 0.2) is 52.3 Å². The zero-order valence-electron chi connectivity index (χ0n) is 10.9. The maximum Gasteiger partial charge on any atom is 0.132 e. The Morgan fingerprint density at radius 3 is 2.67 bits per heavy atom. The molecule has 0 saturated heterocycles. The summed E-state index contributed by atoms with van der Waals surface area (Å²) in [5.41, 5.74) is 2.36. The number of benzene rings is 2. The number of nitrogens with one attached hydrogen (secondary N) is 1. The molecular formula is C15H17NOS. The molecule has 2 aromatic rings. The van der Waals surface area contributed by atoms with Crippen molar-refractivity contribution in [2.24, 2.45) is 0 Å². The minimum atomic E-state index is 0.917. The van der Waals surface area contributed by atoms with Gasteiger partial charge in [0, 0.05) is 17.6 Å². The van der Waals surface area contributed by atoms with Gasteiger partial charge in [-0.3, -0.25) is 0 Å². The summed E-state index contributed by atoms with van der Waals surface area (Å²) in [6.07, 6.45) is 0. The van der Waals surface area contributed by atoms with E-state index in [2.05, 4.69) is 48.6 Å². The SMILES string of the molecule is CNc1cccc(Sc2cc(C)ccc2OC)c1. The third kappa shape index (κ3) is 2.99. The molecular weight excluding hydrogens is 242 g/mol. The Kier molecular flexibility index (Phi) is 4.15. The van der Waals surface area contributed by atoms with Crippen LogP contribution in [0.25, 0.3) is 0 Å². The van der Waals surface area contributed by atoms with Gasteiger partial charge in [0.2, 0.25) is 0 Å². The molecule has 3 heteroatoms. The number of ether oxygens (including phenoxy) is 1. The lowest BCUT2D eigenvalue weighted by atomic mass is 10.2. The van der Waals surface area contributed by atoms with Crippen LogP contribution in [0.2, 0.25) is 0 Å². The molecule has 0 bridgehead atoms. The van der Waals surface area contributed by atoms with E-state index < -0.39 is 0 Å². The molecule has 94 valence electrons. The van der Waals surface area contributed by atoms with Crippen LogP contribution in [0.1, 0.15) is 5.56 Å². The minimum absolute atomic E-state index is 0.917. The summed E-state index contributed by atoms with van der Waals surface area (Å²) in [6.45, 7) is 2.09. The smallest absolute Gasteiger partial charge is 0.132 e. The molecule has 0 unspecified atom stereocenters. The van der Waals surface area contributed by atoms with Gasteiger partial charge in [0.25, 0.3) is 0 Å². The third-order valence-corrected chi connectivity index (χ3v) is 3.70. The van der Waals surface area contributed by atoms with Gasteiger partial charge in [-0.25, -0.2) is 0 Å². The third-order valence-electron chi connectivity index (χ3n) is 2.67. The number of rotatable bonds is 4. The largest absolute Gasteiger partial charge is 0.496 e. The molecule has 18 heavy (non-hydrogen) atoms. The number of hydrogen-bond acceptors (Lipinski definition) is 3. The van der Waals surface area contributed by atoms with Crippen molar-refractivity contribution in [3.8, 4) is 5.75 Å². The van der Waals surface area contributed by atoms with Gasteiger partial charge in [-0.1, -0.05) is 23.9 Å². The van der Waals surface area contributed by atoms with E-state index in [-0.39, 0.29) is 0 Å². The molecule has 0 radical (unpaired) electrons. The summed E-state index contributed by atoms with van der Waals surface area (Å²) in [4.78, 5) is 2.34. The second-order valence-electron chi connectivity index (χ2n) is 4.03. The van der Waals surface area contributed by atoms with Crippen LogP contribution in [0.4, 0.5) is 5.69 Å². The molecule has 0 spiro atoms. The van der Waals surface area contributed by atoms with Crippen LogP contribution in [-0.4, -0.2) is 14.2 Å². The average molecular weight is 259 g/mol. The molecule has 2 rings (SSSR count). The molecule has 0 heterocycles. The van der Waals surface area contributed by atoms with Gasteiger partial charge < -0.3 is 10.1 Å². The van der Waals surface area contributed by atoms with Crippen molar-refractivity contribution < 1.29 is 4.74 Å². The van der Waals surface area contributed by atoms with Crippen LogP contribution in [-0.2, 0) is 0 Å². The molecule has 0 atom stereocenters. The first-order valence-corrected chi connectivity index (χ1v) is 6.65. The van der Waals surface area contributed by atoms with E-state index in [4.69, 9.17) is 4.74 Å². The minimum Gasteiger partial charge on any atom is -0.496 e. The van der Waals surface area contributed by atoms with E-state index in [1.165, 1.54) is 10.5 Å². The van der Waals surface area contributed by atoms with Crippen molar-refractivity contribution in [2.75, 3.05) is 19.5 Å². The first-order valence-electron chi connectivity index (χ1n) is 5.83. The fraction of sp³-hybridized carbons (Fsp3) is 0.200. The van der Waals surface area contributed by atoms with Crippen molar-refractivity contribution >= 4 is 17.4 Å². The van der Waals surface area contributed by atoms with E-state index in [0.717, 1.165) is 16.3 Å². The van der Waals surface area contributed by atoms with Crippen molar-refractivity contribution in [2.45, 2.75) is 16.7 Å². The monoisotopic (exact) mass is 259 g/mol. The Balaban J connectivity index is 2.29. The summed E-state index contributed by atoms with van der Waals surface area (Å²) in [5.74, 6) is 0.917. The lowest BCUT2D eigenvalue weighted by Gasteiger charge is -2.10. The normalized spacial score (nSPS) is 10.2. The van der Waals surface area contributed by atoms with E-state index in [0.29, 0.717) is 0 Å². The predicted octanol–water partition coefficient (Wildman–Crippen LogP) is 4.20. The first-order chi connectivity index (χ1) is 8.72. The summed E-state index contributed by atoms with van der Waals surface area (Å²) >= 11 is 1.72. The lowest BCUT2D eigenvalue weighted by Crippen LogP contribution is -1.89. The van der Waals surface area contributed by atoms with Crippen molar-refractivity contribution in [1.29, 1.82) is 0 Å². The Hall–Kier alpha value is -1.61. The van der Waals surface area contributed by atoms with Crippen LogP contribution in [0, 0.1) is 6.92 Å². The van der Waals surface area contributed by atoms with Gasteiger partial charge in [-0.2, -0.15) is 0 Å². The van der Waals surface area contributed by atoms with E-state index >= 15 is 0 Å². The first kappa shape index (κ1) is 12.8. The molecule has 2 nitrogen and oxygen atoms in total. The second-order valence-corrected chi connectivity index (χ2v) is 5.15. The average Bonchev–Trinajstić information content (AvgIpc) is 2.39. The summed E-state index contributed by atoms with van der Waals surface area (Å²) < 4.78 is 5.39. The number of hydrogen-bond donors (Lipinski definition) is 1.